The summed E-state index contributed by atoms with van der Waals surface area (Å²) < 4.78 is 16.9. The number of carbonyl (C=O) groups is 3. The van der Waals surface area contributed by atoms with Crippen LogP contribution in [0, 0.1) is 0 Å². The van der Waals surface area contributed by atoms with E-state index in [1.54, 1.807) is 0 Å². The number of esters is 3. The third-order valence-electron chi connectivity index (χ3n) is 15.3. The molecule has 0 rings (SSSR count). The summed E-state index contributed by atoms with van der Waals surface area (Å²) in [6, 6.07) is 0. The smallest absolute Gasteiger partial charge is 0.306 e. The van der Waals surface area contributed by atoms with Gasteiger partial charge in [0.15, 0.2) is 6.10 Å². The summed E-state index contributed by atoms with van der Waals surface area (Å²) in [5.41, 5.74) is 0. The highest BCUT2D eigenvalue weighted by molar-refractivity contribution is 5.71. The zero-order chi connectivity index (χ0) is 52.9. The van der Waals surface area contributed by atoms with Gasteiger partial charge in [-0.25, -0.2) is 0 Å². The molecule has 432 valence electrons. The second-order valence-electron chi connectivity index (χ2n) is 22.7. The Morgan fingerprint density at radius 1 is 0.260 bits per heavy atom. The molecule has 0 amide bonds. The van der Waals surface area contributed by atoms with Crippen molar-refractivity contribution in [3.63, 3.8) is 0 Å². The molecule has 0 aliphatic rings. The van der Waals surface area contributed by atoms with E-state index in [9.17, 15) is 14.4 Å². The Morgan fingerprint density at radius 2 is 0.452 bits per heavy atom. The van der Waals surface area contributed by atoms with Crippen molar-refractivity contribution in [3.05, 3.63) is 12.2 Å². The average Bonchev–Trinajstić information content (AvgIpc) is 3.39. The van der Waals surface area contributed by atoms with Crippen LogP contribution >= 0.6 is 0 Å². The van der Waals surface area contributed by atoms with E-state index in [4.69, 9.17) is 14.2 Å². The highest BCUT2D eigenvalue weighted by Gasteiger charge is 2.19. The normalized spacial score (nSPS) is 12.0. The van der Waals surface area contributed by atoms with Gasteiger partial charge in [-0.15, -0.1) is 0 Å². The Kier molecular flexibility index (Phi) is 61.1. The fraction of sp³-hybridized carbons (Fsp3) is 0.925. The molecule has 1 atom stereocenters. The molecule has 0 saturated carbocycles. The molecule has 0 aromatic carbocycles. The van der Waals surface area contributed by atoms with Gasteiger partial charge < -0.3 is 14.2 Å². The second kappa shape index (κ2) is 62.7. The molecule has 6 heteroatoms. The Morgan fingerprint density at radius 3 is 0.685 bits per heavy atom. The molecule has 0 fully saturated rings. The Hall–Kier alpha value is -1.85. The quantitative estimate of drug-likeness (QED) is 0.0261. The minimum Gasteiger partial charge on any atom is -0.462 e. The largest absolute Gasteiger partial charge is 0.462 e. The van der Waals surface area contributed by atoms with Gasteiger partial charge >= 0.3 is 17.9 Å². The van der Waals surface area contributed by atoms with Crippen LogP contribution in [0.4, 0.5) is 0 Å². The highest BCUT2D eigenvalue weighted by Crippen LogP contribution is 2.18. The van der Waals surface area contributed by atoms with E-state index < -0.39 is 6.10 Å². The lowest BCUT2D eigenvalue weighted by Crippen LogP contribution is -2.30. The predicted octanol–water partition coefficient (Wildman–Crippen LogP) is 22.4. The monoisotopic (exact) mass is 1030 g/mol. The van der Waals surface area contributed by atoms with Crippen LogP contribution < -0.4 is 0 Å². The number of unbranched alkanes of at least 4 members (excludes halogenated alkanes) is 49. The van der Waals surface area contributed by atoms with Crippen LogP contribution in [0.25, 0.3) is 0 Å². The van der Waals surface area contributed by atoms with Crippen LogP contribution in [-0.2, 0) is 28.6 Å². The van der Waals surface area contributed by atoms with Gasteiger partial charge in [0.25, 0.3) is 0 Å². The third kappa shape index (κ3) is 60.9. The van der Waals surface area contributed by atoms with Gasteiger partial charge in [0.05, 0.1) is 0 Å². The maximum absolute atomic E-state index is 12.8. The molecular formula is C67H128O6. The van der Waals surface area contributed by atoms with Gasteiger partial charge in [-0.2, -0.15) is 0 Å². The van der Waals surface area contributed by atoms with Crippen molar-refractivity contribution in [2.45, 2.75) is 386 Å². The first kappa shape index (κ1) is 71.2. The van der Waals surface area contributed by atoms with Crippen molar-refractivity contribution >= 4 is 17.9 Å². The Bertz CT molecular complexity index is 1130. The number of ether oxygens (including phenoxy) is 3. The summed E-state index contributed by atoms with van der Waals surface area (Å²) in [6.07, 6.45) is 74.0. The van der Waals surface area contributed by atoms with E-state index in [1.165, 1.54) is 283 Å². The summed E-state index contributed by atoms with van der Waals surface area (Å²) in [5.74, 6) is -0.837. The summed E-state index contributed by atoms with van der Waals surface area (Å²) in [5, 5.41) is 0. The minimum atomic E-state index is -0.762. The summed E-state index contributed by atoms with van der Waals surface area (Å²) in [7, 11) is 0. The third-order valence-corrected chi connectivity index (χ3v) is 15.3. The molecule has 0 saturated heterocycles. The highest BCUT2D eigenvalue weighted by atomic mass is 16.6. The SMILES string of the molecule is CCCCCCCCCC/C=C\CCCCCCCCCCCCCCCCCCCCCCCC(=O)OCC(COC(=O)CCCCCCCCCCCCC)OC(=O)CCCCCCCCCCCCC. The standard InChI is InChI=1S/C67H128O6/c1-4-7-10-13-16-19-22-23-24-25-26-27-28-29-30-31-32-33-34-35-36-37-38-39-40-41-42-43-46-48-51-54-57-60-66(69)72-63-64(73-67(70)61-58-55-52-49-45-21-18-15-12-9-6-3)62-71-65(68)59-56-53-50-47-44-20-17-14-11-8-5-2/h25-26,64H,4-24,27-63H2,1-3H3/b26-25-. The molecule has 0 spiro atoms. The number of allylic oxidation sites excluding steroid dienone is 2. The lowest BCUT2D eigenvalue weighted by atomic mass is 10.0. The lowest BCUT2D eigenvalue weighted by Gasteiger charge is -2.18. The number of carbonyl (C=O) groups excluding carboxylic acids is 3. The van der Waals surface area contributed by atoms with Crippen molar-refractivity contribution in [1.82, 2.24) is 0 Å². The predicted molar refractivity (Wildman–Crippen MR) is 317 cm³/mol. The molecule has 0 aromatic rings. The molecule has 0 aliphatic carbocycles. The van der Waals surface area contributed by atoms with Crippen LogP contribution in [0.15, 0.2) is 12.2 Å². The fourth-order valence-electron chi connectivity index (χ4n) is 10.3. The molecule has 6 nitrogen and oxygen atoms in total. The topological polar surface area (TPSA) is 78.9 Å². The first-order valence-electron chi connectivity index (χ1n) is 33.2. The molecule has 0 N–H and O–H groups in total. The molecule has 0 aromatic heterocycles. The van der Waals surface area contributed by atoms with E-state index in [1.807, 2.05) is 0 Å². The Balaban J connectivity index is 3.95. The summed E-state index contributed by atoms with van der Waals surface area (Å²) in [4.78, 5) is 38.1. The lowest BCUT2D eigenvalue weighted by molar-refractivity contribution is -0.167. The summed E-state index contributed by atoms with van der Waals surface area (Å²) in [6.45, 7) is 6.69. The first-order valence-corrected chi connectivity index (χ1v) is 33.2. The van der Waals surface area contributed by atoms with Gasteiger partial charge in [0.2, 0.25) is 0 Å². The number of hydrogen-bond donors (Lipinski definition) is 0. The minimum absolute atomic E-state index is 0.0626. The molecule has 1 unspecified atom stereocenters. The molecule has 0 bridgehead atoms. The summed E-state index contributed by atoms with van der Waals surface area (Å²) >= 11 is 0. The van der Waals surface area contributed by atoms with Crippen molar-refractivity contribution < 1.29 is 28.6 Å². The fourth-order valence-corrected chi connectivity index (χ4v) is 10.3. The van der Waals surface area contributed by atoms with E-state index >= 15 is 0 Å². The molecule has 0 heterocycles. The van der Waals surface area contributed by atoms with Crippen LogP contribution in [0.1, 0.15) is 380 Å². The molecule has 0 aliphatic heterocycles. The van der Waals surface area contributed by atoms with Crippen LogP contribution in [0.5, 0.6) is 0 Å². The van der Waals surface area contributed by atoms with Gasteiger partial charge in [0.1, 0.15) is 13.2 Å². The van der Waals surface area contributed by atoms with E-state index in [-0.39, 0.29) is 31.1 Å². The van der Waals surface area contributed by atoms with E-state index in [2.05, 4.69) is 32.9 Å². The van der Waals surface area contributed by atoms with Crippen LogP contribution in [0.3, 0.4) is 0 Å². The maximum Gasteiger partial charge on any atom is 0.306 e. The van der Waals surface area contributed by atoms with Crippen LogP contribution in [0.2, 0.25) is 0 Å². The molecule has 73 heavy (non-hydrogen) atoms. The zero-order valence-corrected chi connectivity index (χ0v) is 49.7. The van der Waals surface area contributed by atoms with Crippen molar-refractivity contribution in [2.24, 2.45) is 0 Å². The number of rotatable bonds is 62. The van der Waals surface area contributed by atoms with Crippen molar-refractivity contribution in [3.8, 4) is 0 Å². The molecular weight excluding hydrogens is 901 g/mol. The Labute approximate surface area is 456 Å². The van der Waals surface area contributed by atoms with Gasteiger partial charge in [-0.1, -0.05) is 328 Å². The first-order chi connectivity index (χ1) is 36.0. The van der Waals surface area contributed by atoms with Gasteiger partial charge in [-0.3, -0.25) is 14.4 Å². The van der Waals surface area contributed by atoms with E-state index in [0.717, 1.165) is 57.8 Å². The average molecular weight is 1030 g/mol. The van der Waals surface area contributed by atoms with E-state index in [0.29, 0.717) is 19.3 Å². The van der Waals surface area contributed by atoms with Crippen molar-refractivity contribution in [2.75, 3.05) is 13.2 Å². The van der Waals surface area contributed by atoms with Gasteiger partial charge in [-0.05, 0) is 44.9 Å². The maximum atomic E-state index is 12.8. The molecule has 0 radical (unpaired) electrons. The van der Waals surface area contributed by atoms with Crippen molar-refractivity contribution in [1.29, 1.82) is 0 Å². The second-order valence-corrected chi connectivity index (χ2v) is 22.7. The number of hydrogen-bond acceptors (Lipinski definition) is 6. The van der Waals surface area contributed by atoms with Gasteiger partial charge in [0, 0.05) is 19.3 Å². The van der Waals surface area contributed by atoms with Crippen LogP contribution in [-0.4, -0.2) is 37.2 Å². The zero-order valence-electron chi connectivity index (χ0n) is 49.7.